The molecular formula is C19H17ClN4O2S2. The van der Waals surface area contributed by atoms with Crippen molar-refractivity contribution >= 4 is 44.5 Å². The monoisotopic (exact) mass is 432 g/mol. The van der Waals surface area contributed by atoms with Gasteiger partial charge in [0.2, 0.25) is 0 Å². The number of fused-ring (bicyclic) bond motifs is 1. The molecule has 1 fully saturated rings. The summed E-state index contributed by atoms with van der Waals surface area (Å²) in [5.74, 6) is 0.430. The van der Waals surface area contributed by atoms with Crippen molar-refractivity contribution in [2.75, 3.05) is 13.1 Å². The maximum atomic E-state index is 12.1. The lowest BCUT2D eigenvalue weighted by atomic mass is 9.98. The van der Waals surface area contributed by atoms with Gasteiger partial charge in [0.1, 0.15) is 6.67 Å². The van der Waals surface area contributed by atoms with Gasteiger partial charge < -0.3 is 4.42 Å². The SMILES string of the molecule is O=c1oc(-c2cccs2)nn1CN1CCC(c2nc3cc(Cl)ccc3s2)CC1. The molecule has 0 radical (unpaired) electrons. The van der Waals surface area contributed by atoms with E-state index >= 15 is 0 Å². The van der Waals surface area contributed by atoms with E-state index < -0.39 is 5.76 Å². The molecule has 0 aliphatic carbocycles. The van der Waals surface area contributed by atoms with Crippen LogP contribution in [0.1, 0.15) is 23.8 Å². The van der Waals surface area contributed by atoms with Crippen LogP contribution in [0.25, 0.3) is 21.0 Å². The summed E-state index contributed by atoms with van der Waals surface area (Å²) >= 11 is 9.33. The Kier molecular flexibility index (Phi) is 4.80. The van der Waals surface area contributed by atoms with Gasteiger partial charge in [-0.3, -0.25) is 4.90 Å². The van der Waals surface area contributed by atoms with Crippen LogP contribution in [0.3, 0.4) is 0 Å². The molecule has 144 valence electrons. The van der Waals surface area contributed by atoms with Crippen LogP contribution in [0.5, 0.6) is 0 Å². The Balaban J connectivity index is 1.25. The normalized spacial score (nSPS) is 16.2. The number of rotatable bonds is 4. The second-order valence-corrected chi connectivity index (χ2v) is 9.29. The summed E-state index contributed by atoms with van der Waals surface area (Å²) in [6.07, 6.45) is 2.02. The average molecular weight is 433 g/mol. The average Bonchev–Trinajstić information content (AvgIpc) is 3.42. The number of hydrogen-bond donors (Lipinski definition) is 0. The number of piperidine rings is 1. The highest BCUT2D eigenvalue weighted by Crippen LogP contribution is 2.34. The van der Waals surface area contributed by atoms with Crippen molar-refractivity contribution in [3.63, 3.8) is 0 Å². The number of hydrogen-bond acceptors (Lipinski definition) is 7. The van der Waals surface area contributed by atoms with E-state index in [9.17, 15) is 4.79 Å². The third kappa shape index (κ3) is 3.53. The Morgan fingerprint density at radius 1 is 1.25 bits per heavy atom. The number of halogens is 1. The van der Waals surface area contributed by atoms with E-state index in [2.05, 4.69) is 10.00 Å². The van der Waals surface area contributed by atoms with Gasteiger partial charge in [0.25, 0.3) is 5.89 Å². The molecule has 5 rings (SSSR count). The van der Waals surface area contributed by atoms with Crippen LogP contribution < -0.4 is 5.76 Å². The van der Waals surface area contributed by atoms with Gasteiger partial charge in [0.15, 0.2) is 0 Å². The highest BCUT2D eigenvalue weighted by Gasteiger charge is 2.24. The van der Waals surface area contributed by atoms with E-state index in [0.29, 0.717) is 18.5 Å². The summed E-state index contributed by atoms with van der Waals surface area (Å²) in [6.45, 7) is 2.25. The van der Waals surface area contributed by atoms with Gasteiger partial charge in [-0.25, -0.2) is 9.78 Å². The van der Waals surface area contributed by atoms with Crippen LogP contribution in [-0.4, -0.2) is 32.8 Å². The molecule has 0 amide bonds. The highest BCUT2D eigenvalue weighted by atomic mass is 35.5. The number of likely N-dealkylation sites (tertiary alicyclic amines) is 1. The largest absolute Gasteiger partial charge is 0.438 e. The molecule has 0 saturated carbocycles. The Morgan fingerprint density at radius 3 is 2.89 bits per heavy atom. The fourth-order valence-corrected chi connectivity index (χ4v) is 5.43. The molecule has 4 aromatic rings. The maximum absolute atomic E-state index is 12.1. The molecule has 0 N–H and O–H groups in total. The minimum absolute atomic E-state index is 0.392. The van der Waals surface area contributed by atoms with Crippen LogP contribution in [0.2, 0.25) is 5.02 Å². The summed E-state index contributed by atoms with van der Waals surface area (Å²) in [5, 5.41) is 8.18. The zero-order valence-corrected chi connectivity index (χ0v) is 17.3. The molecule has 0 unspecified atom stereocenters. The van der Waals surface area contributed by atoms with Crippen molar-refractivity contribution in [1.82, 2.24) is 19.7 Å². The molecule has 1 saturated heterocycles. The van der Waals surface area contributed by atoms with Crippen LogP contribution >= 0.6 is 34.3 Å². The summed E-state index contributed by atoms with van der Waals surface area (Å²) in [5.41, 5.74) is 0.977. The van der Waals surface area contributed by atoms with Gasteiger partial charge in [0.05, 0.1) is 20.1 Å². The zero-order chi connectivity index (χ0) is 19.1. The van der Waals surface area contributed by atoms with Gasteiger partial charge in [-0.1, -0.05) is 17.7 Å². The third-order valence-electron chi connectivity index (χ3n) is 4.98. The molecular weight excluding hydrogens is 416 g/mol. The second kappa shape index (κ2) is 7.44. The number of aromatic nitrogens is 3. The standard InChI is InChI=1S/C19H17ClN4O2S2/c20-13-3-4-15-14(10-13)21-18(28-15)12-5-7-23(8-6-12)11-24-19(25)26-17(22-24)16-2-1-9-27-16/h1-4,9-10,12H,5-8,11H2. The van der Waals surface area contributed by atoms with Crippen LogP contribution in [0.15, 0.2) is 44.9 Å². The van der Waals surface area contributed by atoms with Crippen molar-refractivity contribution in [2.24, 2.45) is 0 Å². The van der Waals surface area contributed by atoms with E-state index in [1.54, 1.807) is 11.3 Å². The molecule has 28 heavy (non-hydrogen) atoms. The van der Waals surface area contributed by atoms with Crippen molar-refractivity contribution in [2.45, 2.75) is 25.4 Å². The number of thiophene rings is 1. The molecule has 4 heterocycles. The minimum Gasteiger partial charge on any atom is -0.387 e. The fraction of sp³-hybridized carbons (Fsp3) is 0.316. The molecule has 0 bridgehead atoms. The van der Waals surface area contributed by atoms with E-state index in [4.69, 9.17) is 21.0 Å². The van der Waals surface area contributed by atoms with E-state index in [1.165, 1.54) is 25.7 Å². The lowest BCUT2D eigenvalue weighted by molar-refractivity contribution is 0.157. The number of nitrogens with zero attached hydrogens (tertiary/aromatic N) is 4. The summed E-state index contributed by atoms with van der Waals surface area (Å²) in [7, 11) is 0. The quantitative estimate of drug-likeness (QED) is 0.469. The van der Waals surface area contributed by atoms with Crippen molar-refractivity contribution in [3.05, 3.63) is 56.3 Å². The van der Waals surface area contributed by atoms with Crippen molar-refractivity contribution in [1.29, 1.82) is 0 Å². The summed E-state index contributed by atoms with van der Waals surface area (Å²) < 4.78 is 7.88. The lowest BCUT2D eigenvalue weighted by Crippen LogP contribution is -2.37. The Hall–Kier alpha value is -2.00. The highest BCUT2D eigenvalue weighted by molar-refractivity contribution is 7.18. The minimum atomic E-state index is -0.409. The predicted octanol–water partition coefficient (Wildman–Crippen LogP) is 4.67. The first-order valence-corrected chi connectivity index (χ1v) is 11.1. The summed E-state index contributed by atoms with van der Waals surface area (Å²) in [6, 6.07) is 9.69. The predicted molar refractivity (Wildman–Crippen MR) is 112 cm³/mol. The first-order valence-electron chi connectivity index (χ1n) is 9.06. The first kappa shape index (κ1) is 18.1. The van der Waals surface area contributed by atoms with Gasteiger partial charge in [-0.15, -0.1) is 27.8 Å². The fourth-order valence-electron chi connectivity index (χ4n) is 3.50. The first-order chi connectivity index (χ1) is 13.7. The Labute approximate surface area is 174 Å². The molecule has 9 heteroatoms. The van der Waals surface area contributed by atoms with Crippen molar-refractivity contribution < 1.29 is 4.42 Å². The molecule has 6 nitrogen and oxygen atoms in total. The van der Waals surface area contributed by atoms with E-state index in [1.807, 2.05) is 35.7 Å². The van der Waals surface area contributed by atoms with Gasteiger partial charge >= 0.3 is 5.76 Å². The van der Waals surface area contributed by atoms with Crippen LogP contribution in [0.4, 0.5) is 0 Å². The number of thiazole rings is 1. The van der Waals surface area contributed by atoms with Crippen LogP contribution in [-0.2, 0) is 6.67 Å². The second-order valence-electron chi connectivity index (χ2n) is 6.85. The maximum Gasteiger partial charge on any atom is 0.438 e. The summed E-state index contributed by atoms with van der Waals surface area (Å²) in [4.78, 5) is 20.0. The molecule has 0 spiro atoms. The molecule has 1 aliphatic heterocycles. The molecule has 1 aliphatic rings. The van der Waals surface area contributed by atoms with Crippen LogP contribution in [0, 0.1) is 0 Å². The molecule has 3 aromatic heterocycles. The van der Waals surface area contributed by atoms with Gasteiger partial charge in [0, 0.05) is 24.0 Å². The van der Waals surface area contributed by atoms with E-state index in [-0.39, 0.29) is 0 Å². The zero-order valence-electron chi connectivity index (χ0n) is 14.9. The van der Waals surface area contributed by atoms with Gasteiger partial charge in [-0.05, 0) is 42.5 Å². The topological polar surface area (TPSA) is 64.2 Å². The molecule has 0 atom stereocenters. The molecule has 1 aromatic carbocycles. The Morgan fingerprint density at radius 2 is 2.11 bits per heavy atom. The van der Waals surface area contributed by atoms with E-state index in [0.717, 1.165) is 41.3 Å². The van der Waals surface area contributed by atoms with Crippen molar-refractivity contribution in [3.8, 4) is 10.8 Å². The van der Waals surface area contributed by atoms with Gasteiger partial charge in [-0.2, -0.15) is 4.68 Å². The Bertz CT molecular complexity index is 1160. The smallest absolute Gasteiger partial charge is 0.387 e. The third-order valence-corrected chi connectivity index (χ3v) is 7.27. The lowest BCUT2D eigenvalue weighted by Gasteiger charge is -2.30. The number of benzene rings is 1.